The highest BCUT2D eigenvalue weighted by atomic mass is 16.6. The number of aryl methyl sites for hydroxylation is 2. The van der Waals surface area contributed by atoms with Gasteiger partial charge in [-0.3, -0.25) is 24.3 Å². The van der Waals surface area contributed by atoms with E-state index >= 15 is 0 Å². The SMILES string of the molecule is Cc1nn(C)cc1NC(=O)C(C)n1ncc([N+](=O)[O-])c1C. The number of aromatic nitrogens is 4. The second-order valence-electron chi connectivity index (χ2n) is 4.78. The number of carbonyl (C=O) groups is 1. The Hall–Kier alpha value is -2.71. The molecule has 0 bridgehead atoms. The van der Waals surface area contributed by atoms with Crippen LogP contribution in [0, 0.1) is 24.0 Å². The van der Waals surface area contributed by atoms with E-state index in [9.17, 15) is 14.9 Å². The lowest BCUT2D eigenvalue weighted by Crippen LogP contribution is -2.25. The lowest BCUT2D eigenvalue weighted by molar-refractivity contribution is -0.385. The molecule has 21 heavy (non-hydrogen) atoms. The Labute approximate surface area is 120 Å². The van der Waals surface area contributed by atoms with E-state index in [0.29, 0.717) is 17.1 Å². The molecule has 0 aromatic carbocycles. The lowest BCUT2D eigenvalue weighted by Gasteiger charge is -2.13. The maximum Gasteiger partial charge on any atom is 0.309 e. The highest BCUT2D eigenvalue weighted by molar-refractivity contribution is 5.93. The minimum atomic E-state index is -0.668. The number of nitro groups is 1. The number of nitrogens with one attached hydrogen (secondary N) is 1. The van der Waals surface area contributed by atoms with Crippen molar-refractivity contribution in [3.05, 3.63) is 33.9 Å². The van der Waals surface area contributed by atoms with Crippen LogP contribution >= 0.6 is 0 Å². The first-order valence-corrected chi connectivity index (χ1v) is 6.31. The summed E-state index contributed by atoms with van der Waals surface area (Å²) in [5, 5.41) is 21.6. The maximum atomic E-state index is 12.2. The zero-order valence-corrected chi connectivity index (χ0v) is 12.2. The van der Waals surface area contributed by atoms with Crippen LogP contribution in [0.1, 0.15) is 24.4 Å². The highest BCUT2D eigenvalue weighted by Crippen LogP contribution is 2.21. The van der Waals surface area contributed by atoms with Crippen LogP contribution in [-0.4, -0.2) is 30.4 Å². The van der Waals surface area contributed by atoms with E-state index in [1.807, 2.05) is 0 Å². The number of nitrogens with zero attached hydrogens (tertiary/aromatic N) is 5. The van der Waals surface area contributed by atoms with Crippen LogP contribution in [0.25, 0.3) is 0 Å². The second kappa shape index (κ2) is 5.35. The van der Waals surface area contributed by atoms with Crippen LogP contribution in [0.5, 0.6) is 0 Å². The van der Waals surface area contributed by atoms with Gasteiger partial charge in [-0.2, -0.15) is 10.2 Å². The molecule has 0 aliphatic carbocycles. The minimum Gasteiger partial charge on any atom is -0.321 e. The molecule has 0 aliphatic heterocycles. The molecule has 2 rings (SSSR count). The topological polar surface area (TPSA) is 108 Å². The molecule has 1 N–H and O–H groups in total. The number of hydrogen-bond donors (Lipinski definition) is 1. The quantitative estimate of drug-likeness (QED) is 0.675. The molecule has 0 radical (unpaired) electrons. The Morgan fingerprint density at radius 1 is 1.48 bits per heavy atom. The predicted octanol–water partition coefficient (Wildman–Crippen LogP) is 1.34. The third kappa shape index (κ3) is 2.76. The Bertz CT molecular complexity index is 702. The summed E-state index contributed by atoms with van der Waals surface area (Å²) in [6.07, 6.45) is 2.84. The second-order valence-corrected chi connectivity index (χ2v) is 4.78. The van der Waals surface area contributed by atoms with E-state index in [1.54, 1.807) is 38.7 Å². The van der Waals surface area contributed by atoms with Crippen LogP contribution in [0.2, 0.25) is 0 Å². The number of amides is 1. The van der Waals surface area contributed by atoms with E-state index < -0.39 is 11.0 Å². The highest BCUT2D eigenvalue weighted by Gasteiger charge is 2.24. The molecule has 2 heterocycles. The summed E-state index contributed by atoms with van der Waals surface area (Å²) < 4.78 is 2.93. The fourth-order valence-electron chi connectivity index (χ4n) is 2.05. The molecule has 0 fully saturated rings. The fourth-order valence-corrected chi connectivity index (χ4v) is 2.05. The van der Waals surface area contributed by atoms with Crippen LogP contribution in [0.15, 0.2) is 12.4 Å². The number of rotatable bonds is 4. The van der Waals surface area contributed by atoms with Gasteiger partial charge < -0.3 is 5.32 Å². The first-order valence-electron chi connectivity index (χ1n) is 6.31. The third-order valence-electron chi connectivity index (χ3n) is 3.23. The summed E-state index contributed by atoms with van der Waals surface area (Å²) in [5.41, 5.74) is 1.53. The van der Waals surface area contributed by atoms with Gasteiger partial charge in [0.15, 0.2) is 0 Å². The average Bonchev–Trinajstić information content (AvgIpc) is 2.92. The molecule has 9 nitrogen and oxygen atoms in total. The summed E-state index contributed by atoms with van der Waals surface area (Å²) in [6, 6.07) is -0.668. The molecule has 0 aliphatic rings. The van der Waals surface area contributed by atoms with Crippen molar-refractivity contribution in [2.45, 2.75) is 26.8 Å². The molecular weight excluding hydrogens is 276 g/mol. The summed E-state index contributed by atoms with van der Waals surface area (Å²) in [5.74, 6) is -0.313. The Morgan fingerprint density at radius 2 is 2.14 bits per heavy atom. The summed E-state index contributed by atoms with van der Waals surface area (Å²) in [7, 11) is 1.76. The van der Waals surface area contributed by atoms with Gasteiger partial charge in [0.05, 0.1) is 16.3 Å². The van der Waals surface area contributed by atoms with Gasteiger partial charge in [-0.15, -0.1) is 0 Å². The number of anilines is 1. The zero-order chi connectivity index (χ0) is 15.7. The molecule has 9 heteroatoms. The van der Waals surface area contributed by atoms with Gasteiger partial charge in [0.25, 0.3) is 0 Å². The standard InChI is InChI=1S/C12H16N6O3/c1-7-10(6-16(4)15-7)14-12(19)9(3)17-8(2)11(5-13-17)18(20)21/h5-6,9H,1-4H3,(H,14,19). The molecule has 1 amide bonds. The van der Waals surface area contributed by atoms with Gasteiger partial charge in [0.1, 0.15) is 17.9 Å². The van der Waals surface area contributed by atoms with Gasteiger partial charge in [-0.1, -0.05) is 0 Å². The summed E-state index contributed by atoms with van der Waals surface area (Å²) in [4.78, 5) is 22.5. The van der Waals surface area contributed by atoms with Crippen molar-refractivity contribution >= 4 is 17.3 Å². The third-order valence-corrected chi connectivity index (χ3v) is 3.23. The smallest absolute Gasteiger partial charge is 0.309 e. The van der Waals surface area contributed by atoms with Crippen LogP contribution in [0.4, 0.5) is 11.4 Å². The van der Waals surface area contributed by atoms with Gasteiger partial charge in [0.2, 0.25) is 5.91 Å². The van der Waals surface area contributed by atoms with Gasteiger partial charge in [-0.25, -0.2) is 0 Å². The predicted molar refractivity (Wildman–Crippen MR) is 74.9 cm³/mol. The van der Waals surface area contributed by atoms with E-state index in [2.05, 4.69) is 15.5 Å². The van der Waals surface area contributed by atoms with Crippen molar-refractivity contribution in [2.75, 3.05) is 5.32 Å². The van der Waals surface area contributed by atoms with E-state index in [0.717, 1.165) is 6.20 Å². The molecule has 112 valence electrons. The number of hydrogen-bond acceptors (Lipinski definition) is 5. The average molecular weight is 292 g/mol. The van der Waals surface area contributed by atoms with Crippen molar-refractivity contribution in [1.29, 1.82) is 0 Å². The molecule has 1 atom stereocenters. The van der Waals surface area contributed by atoms with Gasteiger partial charge in [0, 0.05) is 13.2 Å². The first kappa shape index (κ1) is 14.7. The van der Waals surface area contributed by atoms with Crippen LogP contribution < -0.4 is 5.32 Å². The largest absolute Gasteiger partial charge is 0.321 e. The van der Waals surface area contributed by atoms with E-state index in [-0.39, 0.29) is 11.6 Å². The minimum absolute atomic E-state index is 0.104. The normalized spacial score (nSPS) is 12.2. The number of carbonyl (C=O) groups excluding carboxylic acids is 1. The Morgan fingerprint density at radius 3 is 2.62 bits per heavy atom. The van der Waals surface area contributed by atoms with Crippen molar-refractivity contribution in [1.82, 2.24) is 19.6 Å². The summed E-state index contributed by atoms with van der Waals surface area (Å²) in [6.45, 7) is 4.97. The van der Waals surface area contributed by atoms with Crippen LogP contribution in [0.3, 0.4) is 0 Å². The molecule has 1 unspecified atom stereocenters. The molecule has 0 saturated heterocycles. The Kier molecular flexibility index (Phi) is 3.74. The first-order chi connectivity index (χ1) is 9.81. The molecule has 2 aromatic heterocycles. The molecule has 2 aromatic rings. The lowest BCUT2D eigenvalue weighted by atomic mass is 10.3. The van der Waals surface area contributed by atoms with Gasteiger partial charge in [-0.05, 0) is 20.8 Å². The van der Waals surface area contributed by atoms with E-state index in [1.165, 1.54) is 4.68 Å². The van der Waals surface area contributed by atoms with Crippen LogP contribution in [-0.2, 0) is 11.8 Å². The van der Waals surface area contributed by atoms with E-state index in [4.69, 9.17) is 0 Å². The van der Waals surface area contributed by atoms with Crippen molar-refractivity contribution in [2.24, 2.45) is 7.05 Å². The Balaban J connectivity index is 2.20. The van der Waals surface area contributed by atoms with Gasteiger partial charge >= 0.3 is 5.69 Å². The molecule has 0 spiro atoms. The fraction of sp³-hybridized carbons (Fsp3) is 0.417. The van der Waals surface area contributed by atoms with Crippen molar-refractivity contribution in [3.8, 4) is 0 Å². The molecular formula is C12H16N6O3. The monoisotopic (exact) mass is 292 g/mol. The molecule has 0 saturated carbocycles. The summed E-state index contributed by atoms with van der Waals surface area (Å²) >= 11 is 0. The maximum absolute atomic E-state index is 12.2. The van der Waals surface area contributed by atoms with Crippen molar-refractivity contribution < 1.29 is 9.72 Å². The van der Waals surface area contributed by atoms with Crippen molar-refractivity contribution in [3.63, 3.8) is 0 Å². The zero-order valence-electron chi connectivity index (χ0n) is 12.2.